The number of aliphatic carboxylic acids is 1. The van der Waals surface area contributed by atoms with Crippen molar-refractivity contribution < 1.29 is 19.7 Å². The Labute approximate surface area is 120 Å². The molecule has 7 heteroatoms. The van der Waals surface area contributed by atoms with Crippen molar-refractivity contribution in [3.8, 4) is 11.9 Å². The number of carboxylic acid groups (broad SMARTS) is 1. The number of hydrogen-bond donors (Lipinski definition) is 2. The molecule has 2 heterocycles. The van der Waals surface area contributed by atoms with E-state index in [9.17, 15) is 4.79 Å². The first-order valence-electron chi connectivity index (χ1n) is 6.15. The van der Waals surface area contributed by atoms with Crippen LogP contribution < -0.4 is 4.74 Å². The highest BCUT2D eigenvalue weighted by molar-refractivity contribution is 5.96. The maximum absolute atomic E-state index is 11.0. The van der Waals surface area contributed by atoms with Gasteiger partial charge in [0.25, 0.3) is 0 Å². The molecule has 0 saturated carbocycles. The Bertz CT molecular complexity index is 755. The fourth-order valence-electron chi connectivity index (χ4n) is 1.86. The number of fused-ring (bicyclic) bond motifs is 1. The number of nitriles is 1. The molecule has 0 spiro atoms. The average Bonchev–Trinajstić information content (AvgIpc) is 2.81. The van der Waals surface area contributed by atoms with Gasteiger partial charge in [0.15, 0.2) is 0 Å². The Morgan fingerprint density at radius 3 is 3.00 bits per heavy atom. The molecule has 0 unspecified atom stereocenters. The van der Waals surface area contributed by atoms with E-state index in [1.165, 1.54) is 6.08 Å². The molecule has 0 aliphatic carbocycles. The van der Waals surface area contributed by atoms with Gasteiger partial charge in [-0.3, -0.25) is 4.40 Å². The zero-order valence-corrected chi connectivity index (χ0v) is 11.3. The average molecular weight is 287 g/mol. The Morgan fingerprint density at radius 2 is 2.38 bits per heavy atom. The summed E-state index contributed by atoms with van der Waals surface area (Å²) < 4.78 is 6.96. The Hall–Kier alpha value is -2.85. The van der Waals surface area contributed by atoms with Crippen LogP contribution in [0.5, 0.6) is 5.88 Å². The molecule has 0 atom stereocenters. The molecule has 0 aliphatic heterocycles. The summed E-state index contributed by atoms with van der Waals surface area (Å²) in [6, 6.07) is 5.25. The first kappa shape index (κ1) is 14.6. The lowest BCUT2D eigenvalue weighted by molar-refractivity contribution is -0.132. The summed E-state index contributed by atoms with van der Waals surface area (Å²) in [5.41, 5.74) is 1.40. The van der Waals surface area contributed by atoms with Gasteiger partial charge in [-0.25, -0.2) is 4.79 Å². The normalized spacial score (nSPS) is 11.4. The van der Waals surface area contributed by atoms with Gasteiger partial charge in [-0.05, 0) is 24.6 Å². The van der Waals surface area contributed by atoms with Crippen LogP contribution in [0, 0.1) is 18.3 Å². The number of pyridine rings is 1. The molecule has 108 valence electrons. The number of carbonyl (C=O) groups is 1. The number of aromatic nitrogens is 2. The van der Waals surface area contributed by atoms with Crippen LogP contribution >= 0.6 is 0 Å². The quantitative estimate of drug-likeness (QED) is 0.627. The van der Waals surface area contributed by atoms with E-state index in [1.54, 1.807) is 22.7 Å². The third kappa shape index (κ3) is 2.85. The number of aryl methyl sites for hydroxylation is 1. The van der Waals surface area contributed by atoms with Crippen molar-refractivity contribution >= 4 is 17.7 Å². The van der Waals surface area contributed by atoms with E-state index >= 15 is 0 Å². The van der Waals surface area contributed by atoms with Crippen LogP contribution in [0.2, 0.25) is 0 Å². The molecule has 0 fully saturated rings. The van der Waals surface area contributed by atoms with Crippen molar-refractivity contribution in [3.05, 3.63) is 35.2 Å². The summed E-state index contributed by atoms with van der Waals surface area (Å²) in [5, 5.41) is 26.7. The highest BCUT2D eigenvalue weighted by Gasteiger charge is 2.16. The number of rotatable bonds is 5. The second kappa shape index (κ2) is 6.07. The monoisotopic (exact) mass is 287 g/mol. The van der Waals surface area contributed by atoms with Gasteiger partial charge in [0.05, 0.1) is 6.61 Å². The zero-order chi connectivity index (χ0) is 15.4. The Kier molecular flexibility index (Phi) is 4.21. The van der Waals surface area contributed by atoms with Crippen LogP contribution in [-0.4, -0.2) is 38.8 Å². The number of aliphatic hydroxyl groups is 1. The van der Waals surface area contributed by atoms with Crippen molar-refractivity contribution in [2.45, 2.75) is 6.92 Å². The number of aliphatic hydroxyl groups excluding tert-OH is 1. The summed E-state index contributed by atoms with van der Waals surface area (Å²) in [4.78, 5) is 15.3. The van der Waals surface area contributed by atoms with Gasteiger partial charge in [0, 0.05) is 6.20 Å². The van der Waals surface area contributed by atoms with Gasteiger partial charge < -0.3 is 14.9 Å². The van der Waals surface area contributed by atoms with Gasteiger partial charge in [-0.1, -0.05) is 6.07 Å². The second-order valence-electron chi connectivity index (χ2n) is 4.23. The van der Waals surface area contributed by atoms with Crippen LogP contribution in [0.15, 0.2) is 23.9 Å². The molecule has 0 aliphatic rings. The number of carboxylic acids is 1. The maximum Gasteiger partial charge on any atom is 0.346 e. The molecule has 2 aromatic rings. The third-order valence-corrected chi connectivity index (χ3v) is 2.81. The fraction of sp³-hybridized carbons (Fsp3) is 0.214. The predicted molar refractivity (Wildman–Crippen MR) is 73.7 cm³/mol. The molecule has 0 radical (unpaired) electrons. The molecule has 0 aromatic carbocycles. The van der Waals surface area contributed by atoms with Gasteiger partial charge >= 0.3 is 5.97 Å². The van der Waals surface area contributed by atoms with E-state index in [-0.39, 0.29) is 19.1 Å². The minimum absolute atomic E-state index is 0.0265. The van der Waals surface area contributed by atoms with Crippen LogP contribution in [0.4, 0.5) is 0 Å². The topological polar surface area (TPSA) is 108 Å². The minimum Gasteiger partial charge on any atom is -0.477 e. The number of ether oxygens (including phenoxy) is 1. The zero-order valence-electron chi connectivity index (χ0n) is 11.3. The van der Waals surface area contributed by atoms with Gasteiger partial charge in [-0.15, -0.1) is 0 Å². The van der Waals surface area contributed by atoms with Crippen LogP contribution in [0.3, 0.4) is 0 Å². The summed E-state index contributed by atoms with van der Waals surface area (Å²) >= 11 is 0. The summed E-state index contributed by atoms with van der Waals surface area (Å²) in [6.07, 6.45) is 2.90. The molecule has 2 rings (SSSR count). The summed E-state index contributed by atoms with van der Waals surface area (Å²) in [7, 11) is 0. The summed E-state index contributed by atoms with van der Waals surface area (Å²) in [6.45, 7) is 1.69. The lowest BCUT2D eigenvalue weighted by Gasteiger charge is -2.02. The van der Waals surface area contributed by atoms with E-state index in [1.807, 2.05) is 13.0 Å². The lowest BCUT2D eigenvalue weighted by Crippen LogP contribution is -2.04. The van der Waals surface area contributed by atoms with Crippen molar-refractivity contribution in [1.29, 1.82) is 5.26 Å². The van der Waals surface area contributed by atoms with E-state index in [0.717, 1.165) is 5.56 Å². The molecule has 2 N–H and O–H groups in total. The smallest absolute Gasteiger partial charge is 0.346 e. The molecule has 7 nitrogen and oxygen atoms in total. The Balaban J connectivity index is 2.66. The molecule has 21 heavy (non-hydrogen) atoms. The SMILES string of the molecule is Cc1cccn2c(C=C(C#N)C(=O)O)c(OCCO)nc12. The first-order valence-corrected chi connectivity index (χ1v) is 6.15. The predicted octanol–water partition coefficient (Wildman–Crippen LogP) is 1.01. The minimum atomic E-state index is -1.33. The molecular weight excluding hydrogens is 274 g/mol. The Morgan fingerprint density at radius 1 is 1.62 bits per heavy atom. The highest BCUT2D eigenvalue weighted by atomic mass is 16.5. The van der Waals surface area contributed by atoms with E-state index in [0.29, 0.717) is 11.3 Å². The fourth-order valence-corrected chi connectivity index (χ4v) is 1.86. The van der Waals surface area contributed by atoms with E-state index < -0.39 is 11.5 Å². The standard InChI is InChI=1S/C14H13N3O4/c1-9-3-2-4-17-11(7-10(8-15)14(19)20)13(16-12(9)17)21-6-5-18/h2-4,7,18H,5-6H2,1H3,(H,19,20). The molecule has 0 bridgehead atoms. The largest absolute Gasteiger partial charge is 0.477 e. The molecule has 0 saturated heterocycles. The van der Waals surface area contributed by atoms with Gasteiger partial charge in [-0.2, -0.15) is 10.2 Å². The van der Waals surface area contributed by atoms with E-state index in [4.69, 9.17) is 20.2 Å². The third-order valence-electron chi connectivity index (χ3n) is 2.81. The molecule has 0 amide bonds. The second-order valence-corrected chi connectivity index (χ2v) is 4.23. The van der Waals surface area contributed by atoms with Gasteiger partial charge in [0.1, 0.15) is 29.6 Å². The van der Waals surface area contributed by atoms with Crippen LogP contribution in [0.25, 0.3) is 11.7 Å². The van der Waals surface area contributed by atoms with Crippen LogP contribution in [0.1, 0.15) is 11.3 Å². The number of imidazole rings is 1. The van der Waals surface area contributed by atoms with Crippen LogP contribution in [-0.2, 0) is 4.79 Å². The maximum atomic E-state index is 11.0. The lowest BCUT2D eigenvalue weighted by atomic mass is 10.2. The molecule has 2 aromatic heterocycles. The first-order chi connectivity index (χ1) is 10.1. The highest BCUT2D eigenvalue weighted by Crippen LogP contribution is 2.24. The van der Waals surface area contributed by atoms with Gasteiger partial charge in [0.2, 0.25) is 5.88 Å². The number of nitrogens with zero attached hydrogens (tertiary/aromatic N) is 3. The number of hydrogen-bond acceptors (Lipinski definition) is 5. The van der Waals surface area contributed by atoms with E-state index in [2.05, 4.69) is 4.98 Å². The van der Waals surface area contributed by atoms with Crippen molar-refractivity contribution in [3.63, 3.8) is 0 Å². The summed E-state index contributed by atoms with van der Waals surface area (Å²) in [5.74, 6) is -1.15. The van der Waals surface area contributed by atoms with Crippen molar-refractivity contribution in [2.75, 3.05) is 13.2 Å². The van der Waals surface area contributed by atoms with Crippen molar-refractivity contribution in [1.82, 2.24) is 9.38 Å². The molecular formula is C14H13N3O4. The van der Waals surface area contributed by atoms with Crippen molar-refractivity contribution in [2.24, 2.45) is 0 Å².